The lowest BCUT2D eigenvalue weighted by atomic mass is 10.0. The summed E-state index contributed by atoms with van der Waals surface area (Å²) in [6.07, 6.45) is 3.82. The molecular weight excluding hydrogens is 250 g/mol. The lowest BCUT2D eigenvalue weighted by molar-refractivity contribution is -0.143. The highest BCUT2D eigenvalue weighted by Gasteiger charge is 2.54. The van der Waals surface area contributed by atoms with E-state index >= 15 is 0 Å². The van der Waals surface area contributed by atoms with E-state index in [9.17, 15) is 4.79 Å². The molecule has 0 aromatic carbocycles. The fourth-order valence-corrected chi connectivity index (χ4v) is 3.61. The van der Waals surface area contributed by atoms with Gasteiger partial charge in [0, 0.05) is 24.5 Å². The highest BCUT2D eigenvalue weighted by atomic mass is 32.1. The van der Waals surface area contributed by atoms with Crippen LogP contribution in [0.4, 0.5) is 0 Å². The zero-order valence-electron chi connectivity index (χ0n) is 10.5. The highest BCUT2D eigenvalue weighted by molar-refractivity contribution is 7.09. The lowest BCUT2D eigenvalue weighted by Crippen LogP contribution is -2.22. The first-order valence-electron chi connectivity index (χ1n) is 6.38. The molecule has 0 atom stereocenters. The summed E-state index contributed by atoms with van der Waals surface area (Å²) in [6, 6.07) is 0. The van der Waals surface area contributed by atoms with Crippen LogP contribution < -0.4 is 0 Å². The van der Waals surface area contributed by atoms with E-state index in [-0.39, 0.29) is 5.97 Å². The maximum Gasteiger partial charge on any atom is 0.317 e. The molecule has 5 heteroatoms. The van der Waals surface area contributed by atoms with Crippen molar-refractivity contribution in [3.63, 3.8) is 0 Å². The zero-order valence-corrected chi connectivity index (χ0v) is 11.3. The average molecular weight is 267 g/mol. The second-order valence-corrected chi connectivity index (χ2v) is 5.92. The molecule has 1 aliphatic carbocycles. The predicted molar refractivity (Wildman–Crippen MR) is 67.8 cm³/mol. The van der Waals surface area contributed by atoms with Gasteiger partial charge in [0.15, 0.2) is 0 Å². The largest absolute Gasteiger partial charge is 0.468 e. The van der Waals surface area contributed by atoms with E-state index < -0.39 is 5.41 Å². The number of ether oxygens (including phenoxy) is 2. The molecule has 2 fully saturated rings. The molecule has 2 aliphatic rings. The van der Waals surface area contributed by atoms with Crippen molar-refractivity contribution >= 4 is 17.3 Å². The third-order valence-electron chi connectivity index (χ3n) is 3.91. The molecule has 0 bridgehead atoms. The Morgan fingerprint density at radius 3 is 2.83 bits per heavy atom. The van der Waals surface area contributed by atoms with Gasteiger partial charge in [-0.15, -0.1) is 11.3 Å². The van der Waals surface area contributed by atoms with Crippen LogP contribution in [0.3, 0.4) is 0 Å². The van der Waals surface area contributed by atoms with Crippen LogP contribution in [0.2, 0.25) is 0 Å². The molecule has 3 rings (SSSR count). The summed E-state index contributed by atoms with van der Waals surface area (Å²) in [4.78, 5) is 16.5. The minimum atomic E-state index is -0.422. The first-order chi connectivity index (χ1) is 8.76. The predicted octanol–water partition coefficient (Wildman–Crippen LogP) is 2.24. The van der Waals surface area contributed by atoms with Crippen molar-refractivity contribution < 1.29 is 14.3 Å². The van der Waals surface area contributed by atoms with Gasteiger partial charge < -0.3 is 9.47 Å². The lowest BCUT2D eigenvalue weighted by Gasteiger charge is -2.19. The number of aromatic nitrogens is 1. The molecule has 0 spiro atoms. The molecule has 18 heavy (non-hydrogen) atoms. The zero-order chi connectivity index (χ0) is 12.6. The maximum atomic E-state index is 11.8. The third kappa shape index (κ3) is 1.95. The molecule has 1 aliphatic heterocycles. The Morgan fingerprint density at radius 2 is 2.22 bits per heavy atom. The second kappa shape index (κ2) is 4.63. The molecule has 4 nitrogen and oxygen atoms in total. The van der Waals surface area contributed by atoms with E-state index in [1.165, 1.54) is 7.11 Å². The van der Waals surface area contributed by atoms with Gasteiger partial charge in [-0.3, -0.25) is 4.79 Å². The summed E-state index contributed by atoms with van der Waals surface area (Å²) in [5.41, 5.74) is 0.495. The SMILES string of the molecule is COC(=O)C1(c2csc(C3CCOCC3)n2)CC1. The molecule has 1 saturated carbocycles. The van der Waals surface area contributed by atoms with Crippen molar-refractivity contribution in [3.8, 4) is 0 Å². The molecule has 0 unspecified atom stereocenters. The van der Waals surface area contributed by atoms with Gasteiger partial charge in [-0.25, -0.2) is 4.98 Å². The Bertz CT molecular complexity index is 447. The summed E-state index contributed by atoms with van der Waals surface area (Å²) in [6.45, 7) is 1.64. The molecular formula is C13H17NO3S. The normalized spacial score (nSPS) is 22.7. The van der Waals surface area contributed by atoms with Gasteiger partial charge in [-0.1, -0.05) is 0 Å². The fraction of sp³-hybridized carbons (Fsp3) is 0.692. The Morgan fingerprint density at radius 1 is 1.50 bits per heavy atom. The van der Waals surface area contributed by atoms with E-state index in [2.05, 4.69) is 0 Å². The van der Waals surface area contributed by atoms with Gasteiger partial charge in [0.1, 0.15) is 5.41 Å². The molecule has 1 aromatic rings. The Kier molecular flexibility index (Phi) is 3.11. The second-order valence-electron chi connectivity index (χ2n) is 5.03. The third-order valence-corrected chi connectivity index (χ3v) is 4.92. The summed E-state index contributed by atoms with van der Waals surface area (Å²) in [7, 11) is 1.45. The van der Waals surface area contributed by atoms with Gasteiger partial charge in [0.25, 0.3) is 0 Å². The number of nitrogens with zero attached hydrogens (tertiary/aromatic N) is 1. The van der Waals surface area contributed by atoms with E-state index in [1.807, 2.05) is 5.38 Å². The summed E-state index contributed by atoms with van der Waals surface area (Å²) in [5.74, 6) is 0.372. The monoisotopic (exact) mass is 267 g/mol. The van der Waals surface area contributed by atoms with Crippen LogP contribution in [0.15, 0.2) is 5.38 Å². The van der Waals surface area contributed by atoms with Crippen molar-refractivity contribution in [3.05, 3.63) is 16.1 Å². The molecule has 0 radical (unpaired) electrons. The number of esters is 1. The fourth-order valence-electron chi connectivity index (χ4n) is 2.52. The average Bonchev–Trinajstić information content (AvgIpc) is 3.09. The number of hydrogen-bond acceptors (Lipinski definition) is 5. The number of carbonyl (C=O) groups is 1. The van der Waals surface area contributed by atoms with Gasteiger partial charge in [0.2, 0.25) is 0 Å². The number of hydrogen-bond donors (Lipinski definition) is 0. The van der Waals surface area contributed by atoms with E-state index in [0.29, 0.717) is 5.92 Å². The van der Waals surface area contributed by atoms with Crippen molar-refractivity contribution in [2.24, 2.45) is 0 Å². The number of thiazole rings is 1. The van der Waals surface area contributed by atoms with Crippen molar-refractivity contribution in [1.82, 2.24) is 4.98 Å². The Balaban J connectivity index is 1.79. The van der Waals surface area contributed by atoms with E-state index in [0.717, 1.165) is 49.6 Å². The van der Waals surface area contributed by atoms with Gasteiger partial charge in [-0.05, 0) is 25.7 Å². The van der Waals surface area contributed by atoms with Crippen LogP contribution in [0, 0.1) is 0 Å². The standard InChI is InChI=1S/C13H17NO3S/c1-16-12(15)13(4-5-13)10-8-18-11(14-10)9-2-6-17-7-3-9/h8-9H,2-7H2,1H3. The first-order valence-corrected chi connectivity index (χ1v) is 7.26. The minimum absolute atomic E-state index is 0.133. The van der Waals surface area contributed by atoms with Crippen LogP contribution in [0.1, 0.15) is 42.3 Å². The number of carbonyl (C=O) groups excluding carboxylic acids is 1. The summed E-state index contributed by atoms with van der Waals surface area (Å²) >= 11 is 1.68. The summed E-state index contributed by atoms with van der Waals surface area (Å²) in [5, 5.41) is 3.19. The van der Waals surface area contributed by atoms with Crippen molar-refractivity contribution in [2.45, 2.75) is 37.0 Å². The van der Waals surface area contributed by atoms with Crippen molar-refractivity contribution in [2.75, 3.05) is 20.3 Å². The van der Waals surface area contributed by atoms with Gasteiger partial charge in [0.05, 0.1) is 17.8 Å². The maximum absolute atomic E-state index is 11.8. The summed E-state index contributed by atoms with van der Waals surface area (Å²) < 4.78 is 10.3. The number of methoxy groups -OCH3 is 1. The molecule has 0 N–H and O–H groups in total. The molecule has 98 valence electrons. The van der Waals surface area contributed by atoms with Gasteiger partial charge >= 0.3 is 5.97 Å². The first kappa shape index (κ1) is 12.1. The van der Waals surface area contributed by atoms with E-state index in [1.54, 1.807) is 11.3 Å². The van der Waals surface area contributed by atoms with Crippen LogP contribution in [-0.2, 0) is 19.7 Å². The molecule has 1 aromatic heterocycles. The van der Waals surface area contributed by atoms with Crippen LogP contribution >= 0.6 is 11.3 Å². The quantitative estimate of drug-likeness (QED) is 0.788. The number of rotatable bonds is 3. The van der Waals surface area contributed by atoms with Crippen LogP contribution in [0.25, 0.3) is 0 Å². The Hall–Kier alpha value is -0.940. The molecule has 1 saturated heterocycles. The highest BCUT2D eigenvalue weighted by Crippen LogP contribution is 2.49. The smallest absolute Gasteiger partial charge is 0.317 e. The minimum Gasteiger partial charge on any atom is -0.468 e. The van der Waals surface area contributed by atoms with Crippen molar-refractivity contribution in [1.29, 1.82) is 0 Å². The topological polar surface area (TPSA) is 48.4 Å². The van der Waals surface area contributed by atoms with Gasteiger partial charge in [-0.2, -0.15) is 0 Å². The van der Waals surface area contributed by atoms with Crippen LogP contribution in [-0.4, -0.2) is 31.3 Å². The molecule has 0 amide bonds. The van der Waals surface area contributed by atoms with Crippen LogP contribution in [0.5, 0.6) is 0 Å². The van der Waals surface area contributed by atoms with E-state index in [4.69, 9.17) is 14.5 Å². The molecule has 2 heterocycles. The Labute approximate surface area is 110 Å².